The Balaban J connectivity index is 1.58. The Kier molecular flexibility index (Phi) is 5.10. The van der Waals surface area contributed by atoms with Crippen LogP contribution in [0, 0.1) is 6.92 Å². The summed E-state index contributed by atoms with van der Waals surface area (Å²) in [6, 6.07) is 8.42. The highest BCUT2D eigenvalue weighted by molar-refractivity contribution is 9.11. The molecule has 1 aliphatic heterocycles. The number of anilines is 1. The molecule has 0 unspecified atom stereocenters. The first kappa shape index (κ1) is 19.0. The van der Waals surface area contributed by atoms with Gasteiger partial charge >= 0.3 is 0 Å². The van der Waals surface area contributed by atoms with Gasteiger partial charge in [0, 0.05) is 6.54 Å². The van der Waals surface area contributed by atoms with Crippen molar-refractivity contribution >= 4 is 69.9 Å². The van der Waals surface area contributed by atoms with Crippen molar-refractivity contribution in [3.05, 3.63) is 39.7 Å². The average molecular weight is 486 g/mol. The standard InChI is InChI=1S/C17H16BrN3O3S3/c1-10-4-2-6-12-15(10)19-17(25-12)20-16(22)11-5-3-9-21(11)27(23,24)14-8-7-13(18)26-14/h2,4,6-8,11H,3,5,9H2,1H3,(H,19,20,22)/t11-/m0/s1. The van der Waals surface area contributed by atoms with Gasteiger partial charge in [0.1, 0.15) is 10.3 Å². The van der Waals surface area contributed by atoms with Crippen molar-refractivity contribution in [2.75, 3.05) is 11.9 Å². The van der Waals surface area contributed by atoms with Gasteiger partial charge in [-0.1, -0.05) is 23.5 Å². The van der Waals surface area contributed by atoms with E-state index >= 15 is 0 Å². The van der Waals surface area contributed by atoms with Crippen molar-refractivity contribution in [3.63, 3.8) is 0 Å². The van der Waals surface area contributed by atoms with Crippen molar-refractivity contribution in [3.8, 4) is 0 Å². The molecule has 0 spiro atoms. The number of carbonyl (C=O) groups excluding carboxylic acids is 1. The second-order valence-corrected chi connectivity index (χ2v) is 11.9. The number of para-hydroxylation sites is 1. The summed E-state index contributed by atoms with van der Waals surface area (Å²) in [6.07, 6.45) is 1.16. The molecule has 0 saturated carbocycles. The fourth-order valence-electron chi connectivity index (χ4n) is 3.17. The maximum atomic E-state index is 12.9. The van der Waals surface area contributed by atoms with E-state index in [-0.39, 0.29) is 10.1 Å². The number of hydrogen-bond donors (Lipinski definition) is 1. The quantitative estimate of drug-likeness (QED) is 0.599. The van der Waals surface area contributed by atoms with Crippen LogP contribution in [0.1, 0.15) is 18.4 Å². The third kappa shape index (κ3) is 3.56. The lowest BCUT2D eigenvalue weighted by molar-refractivity contribution is -0.119. The van der Waals surface area contributed by atoms with Gasteiger partial charge in [0.25, 0.3) is 10.0 Å². The maximum Gasteiger partial charge on any atom is 0.253 e. The molecule has 1 aliphatic rings. The van der Waals surface area contributed by atoms with E-state index in [1.54, 1.807) is 12.1 Å². The molecule has 27 heavy (non-hydrogen) atoms. The molecule has 1 amide bonds. The first-order valence-corrected chi connectivity index (χ1v) is 12.2. The Hall–Kier alpha value is -1.33. The first-order valence-electron chi connectivity index (χ1n) is 8.30. The zero-order valence-electron chi connectivity index (χ0n) is 14.3. The number of halogens is 1. The molecule has 1 N–H and O–H groups in total. The Morgan fingerprint density at radius 3 is 2.81 bits per heavy atom. The number of aryl methyl sites for hydroxylation is 1. The van der Waals surface area contributed by atoms with Crippen LogP contribution in [0.25, 0.3) is 10.2 Å². The number of carbonyl (C=O) groups is 1. The van der Waals surface area contributed by atoms with E-state index in [1.807, 2.05) is 25.1 Å². The molecular weight excluding hydrogens is 470 g/mol. The number of thiazole rings is 1. The predicted octanol–water partition coefficient (Wildman–Crippen LogP) is 4.22. The number of rotatable bonds is 4. The van der Waals surface area contributed by atoms with Gasteiger partial charge < -0.3 is 5.32 Å². The number of sulfonamides is 1. The van der Waals surface area contributed by atoms with Crippen molar-refractivity contribution in [2.45, 2.75) is 30.0 Å². The van der Waals surface area contributed by atoms with Gasteiger partial charge in [0.15, 0.2) is 5.13 Å². The van der Waals surface area contributed by atoms with E-state index in [1.165, 1.54) is 15.6 Å². The fourth-order valence-corrected chi connectivity index (χ4v) is 7.91. The van der Waals surface area contributed by atoms with Gasteiger partial charge in [-0.25, -0.2) is 13.4 Å². The molecule has 6 nitrogen and oxygen atoms in total. The van der Waals surface area contributed by atoms with Gasteiger partial charge in [-0.2, -0.15) is 4.31 Å². The Morgan fingerprint density at radius 2 is 2.11 bits per heavy atom. The summed E-state index contributed by atoms with van der Waals surface area (Å²) in [7, 11) is -3.69. The summed E-state index contributed by atoms with van der Waals surface area (Å²) in [5.41, 5.74) is 1.90. The van der Waals surface area contributed by atoms with E-state index in [2.05, 4.69) is 26.2 Å². The number of nitrogens with zero attached hydrogens (tertiary/aromatic N) is 2. The summed E-state index contributed by atoms with van der Waals surface area (Å²) in [4.78, 5) is 17.3. The maximum absolute atomic E-state index is 12.9. The molecule has 142 valence electrons. The van der Waals surface area contributed by atoms with E-state index in [4.69, 9.17) is 0 Å². The highest BCUT2D eigenvalue weighted by Gasteiger charge is 2.40. The van der Waals surface area contributed by atoms with E-state index in [0.29, 0.717) is 24.5 Å². The van der Waals surface area contributed by atoms with E-state index in [0.717, 1.165) is 30.9 Å². The van der Waals surface area contributed by atoms with E-state index in [9.17, 15) is 13.2 Å². The summed E-state index contributed by atoms with van der Waals surface area (Å²) in [5, 5.41) is 3.31. The number of benzene rings is 1. The molecule has 1 fully saturated rings. The molecule has 1 saturated heterocycles. The molecule has 10 heteroatoms. The number of aromatic nitrogens is 1. The van der Waals surface area contributed by atoms with Gasteiger partial charge in [-0.15, -0.1) is 11.3 Å². The molecule has 0 radical (unpaired) electrons. The van der Waals surface area contributed by atoms with Crippen molar-refractivity contribution < 1.29 is 13.2 Å². The smallest absolute Gasteiger partial charge is 0.253 e. The lowest BCUT2D eigenvalue weighted by Crippen LogP contribution is -2.42. The zero-order valence-corrected chi connectivity index (χ0v) is 18.3. The molecule has 1 atom stereocenters. The molecule has 3 aromatic rings. The van der Waals surface area contributed by atoms with Crippen LogP contribution < -0.4 is 5.32 Å². The van der Waals surface area contributed by atoms with Crippen LogP contribution in [-0.2, 0) is 14.8 Å². The minimum Gasteiger partial charge on any atom is -0.301 e. The van der Waals surface area contributed by atoms with Crippen LogP contribution in [-0.4, -0.2) is 36.2 Å². The van der Waals surface area contributed by atoms with Gasteiger partial charge in [-0.3, -0.25) is 4.79 Å². The Morgan fingerprint density at radius 1 is 1.30 bits per heavy atom. The molecular formula is C17H16BrN3O3S3. The lowest BCUT2D eigenvalue weighted by atomic mass is 10.2. The molecule has 2 aromatic heterocycles. The van der Waals surface area contributed by atoms with Crippen LogP contribution in [0.5, 0.6) is 0 Å². The summed E-state index contributed by atoms with van der Waals surface area (Å²) in [5.74, 6) is -0.330. The third-order valence-corrected chi connectivity index (χ3v) is 9.40. The number of thiophene rings is 1. The summed E-state index contributed by atoms with van der Waals surface area (Å²) >= 11 is 5.83. The lowest BCUT2D eigenvalue weighted by Gasteiger charge is -2.22. The second kappa shape index (κ2) is 7.25. The van der Waals surface area contributed by atoms with Crippen molar-refractivity contribution in [1.82, 2.24) is 9.29 Å². The normalized spacial score (nSPS) is 18.2. The number of amides is 1. The second-order valence-electron chi connectivity index (χ2n) is 6.26. The first-order chi connectivity index (χ1) is 12.9. The molecule has 4 rings (SSSR count). The van der Waals surface area contributed by atoms with Gasteiger partial charge in [0.2, 0.25) is 5.91 Å². The number of nitrogens with one attached hydrogen (secondary N) is 1. The third-order valence-electron chi connectivity index (χ3n) is 4.47. The number of fused-ring (bicyclic) bond motifs is 1. The fraction of sp³-hybridized carbons (Fsp3) is 0.294. The molecule has 0 aliphatic carbocycles. The Bertz CT molecular complexity index is 1120. The average Bonchev–Trinajstić information content (AvgIpc) is 3.33. The highest BCUT2D eigenvalue weighted by atomic mass is 79.9. The number of hydrogen-bond acceptors (Lipinski definition) is 6. The SMILES string of the molecule is Cc1cccc2sc(NC(=O)[C@@H]3CCCN3S(=O)(=O)c3ccc(Br)s3)nc12. The van der Waals surface area contributed by atoms with Crippen molar-refractivity contribution in [2.24, 2.45) is 0 Å². The largest absolute Gasteiger partial charge is 0.301 e. The minimum atomic E-state index is -3.69. The highest BCUT2D eigenvalue weighted by Crippen LogP contribution is 2.33. The zero-order chi connectivity index (χ0) is 19.2. The van der Waals surface area contributed by atoms with Crippen LogP contribution in [0.3, 0.4) is 0 Å². The van der Waals surface area contributed by atoms with Crippen LogP contribution in [0.4, 0.5) is 5.13 Å². The monoisotopic (exact) mass is 485 g/mol. The van der Waals surface area contributed by atoms with Crippen LogP contribution in [0.15, 0.2) is 38.3 Å². The van der Waals surface area contributed by atoms with E-state index < -0.39 is 16.1 Å². The minimum absolute atomic E-state index is 0.240. The topological polar surface area (TPSA) is 79.4 Å². The molecule has 3 heterocycles. The van der Waals surface area contributed by atoms with Gasteiger partial charge in [0.05, 0.1) is 14.0 Å². The Labute approximate surface area is 173 Å². The summed E-state index contributed by atoms with van der Waals surface area (Å²) in [6.45, 7) is 2.31. The van der Waals surface area contributed by atoms with Crippen molar-refractivity contribution in [1.29, 1.82) is 0 Å². The summed E-state index contributed by atoms with van der Waals surface area (Å²) < 4.78 is 29.1. The molecule has 0 bridgehead atoms. The van der Waals surface area contributed by atoms with Crippen LogP contribution >= 0.6 is 38.6 Å². The molecule has 1 aromatic carbocycles. The van der Waals surface area contributed by atoms with Gasteiger partial charge in [-0.05, 0) is 59.5 Å². The predicted molar refractivity (Wildman–Crippen MR) is 112 cm³/mol. The van der Waals surface area contributed by atoms with Crippen LogP contribution in [0.2, 0.25) is 0 Å².